The van der Waals surface area contributed by atoms with Gasteiger partial charge in [0.15, 0.2) is 0 Å². The van der Waals surface area contributed by atoms with E-state index in [-0.39, 0.29) is 18.8 Å². The molecule has 10 nitrogen and oxygen atoms in total. The molecule has 0 bridgehead atoms. The average molecular weight is 435 g/mol. The Bertz CT molecular complexity index is 1220. The Kier molecular flexibility index (Phi) is 6.96. The number of amides is 3. The second-order valence-electron chi connectivity index (χ2n) is 7.04. The summed E-state index contributed by atoms with van der Waals surface area (Å²) in [6, 6.07) is 16.0. The van der Waals surface area contributed by atoms with E-state index in [0.717, 1.165) is 34.0 Å². The summed E-state index contributed by atoms with van der Waals surface area (Å²) in [5.41, 5.74) is 2.15. The summed E-state index contributed by atoms with van der Waals surface area (Å²) in [5, 5.41) is 19.0. The molecule has 3 rings (SSSR count). The second-order valence-corrected chi connectivity index (χ2v) is 7.04. The number of aromatic nitrogens is 1. The molecule has 0 aliphatic rings. The van der Waals surface area contributed by atoms with Crippen molar-refractivity contribution in [2.24, 2.45) is 0 Å². The zero-order chi connectivity index (χ0) is 23.1. The van der Waals surface area contributed by atoms with Crippen LogP contribution in [0.4, 0.5) is 21.9 Å². The molecule has 164 valence electrons. The SMILES string of the molecule is Cc1cccc(NC(=O)Nc2cccc(CNC(=O)Cn3cc([N+](=O)[O-])ccc3=O)c2)c1. The average Bonchev–Trinajstić information content (AvgIpc) is 2.74. The van der Waals surface area contributed by atoms with Crippen LogP contribution in [0.15, 0.2) is 71.7 Å². The fourth-order valence-electron chi connectivity index (χ4n) is 2.94. The quantitative estimate of drug-likeness (QED) is 0.387. The molecule has 3 aromatic rings. The highest BCUT2D eigenvalue weighted by atomic mass is 16.6. The van der Waals surface area contributed by atoms with Crippen LogP contribution in [0, 0.1) is 17.0 Å². The van der Waals surface area contributed by atoms with Crippen LogP contribution in [0.2, 0.25) is 0 Å². The molecule has 0 spiro atoms. The van der Waals surface area contributed by atoms with Crippen LogP contribution in [0.1, 0.15) is 11.1 Å². The molecule has 0 atom stereocenters. The van der Waals surface area contributed by atoms with Crippen LogP contribution >= 0.6 is 0 Å². The molecular formula is C22H21N5O5. The third kappa shape index (κ3) is 6.26. The Hall–Kier alpha value is -4.47. The van der Waals surface area contributed by atoms with Crippen LogP contribution in [0.25, 0.3) is 0 Å². The highest BCUT2D eigenvalue weighted by Gasteiger charge is 2.11. The van der Waals surface area contributed by atoms with Gasteiger partial charge in [0.25, 0.3) is 11.2 Å². The van der Waals surface area contributed by atoms with Gasteiger partial charge in [0, 0.05) is 30.1 Å². The number of nitrogens with zero attached hydrogens (tertiary/aromatic N) is 2. The van der Waals surface area contributed by atoms with Crippen LogP contribution in [0.3, 0.4) is 0 Å². The lowest BCUT2D eigenvalue weighted by atomic mass is 10.2. The summed E-state index contributed by atoms with van der Waals surface area (Å²) < 4.78 is 0.973. The molecule has 0 radical (unpaired) electrons. The standard InChI is InChI=1S/C22H21N5O5/c1-15-4-2-6-17(10-15)24-22(30)25-18-7-3-5-16(11-18)12-23-20(28)14-26-13-19(27(31)32)8-9-21(26)29/h2-11,13H,12,14H2,1H3,(H,23,28)(H2,24,25,30). The topological polar surface area (TPSA) is 135 Å². The maximum atomic E-state index is 12.2. The molecule has 0 fully saturated rings. The highest BCUT2D eigenvalue weighted by Crippen LogP contribution is 2.13. The van der Waals surface area contributed by atoms with Crippen molar-refractivity contribution in [3.05, 3.63) is 98.5 Å². The number of rotatable bonds is 7. The van der Waals surface area contributed by atoms with Gasteiger partial charge in [-0.05, 0) is 42.3 Å². The van der Waals surface area contributed by atoms with E-state index in [0.29, 0.717) is 11.4 Å². The van der Waals surface area contributed by atoms with Gasteiger partial charge in [-0.25, -0.2) is 4.79 Å². The number of aryl methyl sites for hydroxylation is 1. The summed E-state index contributed by atoms with van der Waals surface area (Å²) in [4.78, 5) is 46.4. The van der Waals surface area contributed by atoms with Crippen molar-refractivity contribution < 1.29 is 14.5 Å². The zero-order valence-electron chi connectivity index (χ0n) is 17.2. The van der Waals surface area contributed by atoms with E-state index in [1.807, 2.05) is 25.1 Å². The smallest absolute Gasteiger partial charge is 0.323 e. The number of nitrogens with one attached hydrogen (secondary N) is 3. The van der Waals surface area contributed by atoms with E-state index in [4.69, 9.17) is 0 Å². The first-order valence-electron chi connectivity index (χ1n) is 9.65. The first kappa shape index (κ1) is 22.2. The maximum Gasteiger partial charge on any atom is 0.323 e. The van der Waals surface area contributed by atoms with Gasteiger partial charge in [0.1, 0.15) is 6.54 Å². The van der Waals surface area contributed by atoms with Crippen LogP contribution in [-0.4, -0.2) is 21.4 Å². The number of nitro groups is 1. The minimum Gasteiger partial charge on any atom is -0.350 e. The van der Waals surface area contributed by atoms with Gasteiger partial charge in [-0.2, -0.15) is 0 Å². The van der Waals surface area contributed by atoms with Gasteiger partial charge in [-0.15, -0.1) is 0 Å². The van der Waals surface area contributed by atoms with E-state index in [1.54, 1.807) is 30.3 Å². The first-order valence-corrected chi connectivity index (χ1v) is 9.65. The molecular weight excluding hydrogens is 414 g/mol. The molecule has 1 heterocycles. The summed E-state index contributed by atoms with van der Waals surface area (Å²) in [5.74, 6) is -0.483. The van der Waals surface area contributed by atoms with Crippen molar-refractivity contribution >= 4 is 29.0 Å². The Morgan fingerprint density at radius 1 is 1.00 bits per heavy atom. The summed E-state index contributed by atoms with van der Waals surface area (Å²) in [6.45, 7) is 1.73. The van der Waals surface area contributed by atoms with Crippen molar-refractivity contribution in [3.63, 3.8) is 0 Å². The van der Waals surface area contributed by atoms with Crippen molar-refractivity contribution in [2.45, 2.75) is 20.0 Å². The lowest BCUT2D eigenvalue weighted by molar-refractivity contribution is -0.385. The predicted molar refractivity (Wildman–Crippen MR) is 119 cm³/mol. The number of hydrogen-bond acceptors (Lipinski definition) is 5. The van der Waals surface area contributed by atoms with Crippen molar-refractivity contribution in [2.75, 3.05) is 10.6 Å². The van der Waals surface area contributed by atoms with Gasteiger partial charge in [0.05, 0.1) is 11.1 Å². The molecule has 0 unspecified atom stereocenters. The molecule has 0 saturated carbocycles. The van der Waals surface area contributed by atoms with Gasteiger partial charge >= 0.3 is 6.03 Å². The Balaban J connectivity index is 1.56. The van der Waals surface area contributed by atoms with Gasteiger partial charge in [-0.1, -0.05) is 24.3 Å². The number of pyridine rings is 1. The van der Waals surface area contributed by atoms with E-state index in [1.165, 1.54) is 0 Å². The minimum atomic E-state index is -0.637. The Morgan fingerprint density at radius 2 is 1.69 bits per heavy atom. The van der Waals surface area contributed by atoms with Crippen molar-refractivity contribution in [1.29, 1.82) is 0 Å². The summed E-state index contributed by atoms with van der Waals surface area (Å²) >= 11 is 0. The molecule has 1 aromatic heterocycles. The highest BCUT2D eigenvalue weighted by molar-refractivity contribution is 5.99. The third-order valence-corrected chi connectivity index (χ3v) is 4.44. The van der Waals surface area contributed by atoms with Gasteiger partial charge in [-0.3, -0.25) is 24.3 Å². The number of carbonyl (C=O) groups is 2. The molecule has 0 aliphatic heterocycles. The lowest BCUT2D eigenvalue weighted by Gasteiger charge is -2.11. The predicted octanol–water partition coefficient (Wildman–Crippen LogP) is 3.03. The monoisotopic (exact) mass is 435 g/mol. The van der Waals surface area contributed by atoms with Gasteiger partial charge < -0.3 is 16.0 Å². The molecule has 3 N–H and O–H groups in total. The van der Waals surface area contributed by atoms with Gasteiger partial charge in [0.2, 0.25) is 5.91 Å². The molecule has 0 aliphatic carbocycles. The fraction of sp³-hybridized carbons (Fsp3) is 0.136. The van der Waals surface area contributed by atoms with Crippen LogP contribution in [0.5, 0.6) is 0 Å². The Morgan fingerprint density at radius 3 is 2.38 bits per heavy atom. The molecule has 2 aromatic carbocycles. The first-order chi connectivity index (χ1) is 15.3. The third-order valence-electron chi connectivity index (χ3n) is 4.44. The number of carbonyl (C=O) groups excluding carboxylic acids is 2. The summed E-state index contributed by atoms with van der Waals surface area (Å²) in [6.07, 6.45) is 1.03. The fourth-order valence-corrected chi connectivity index (χ4v) is 2.94. The number of anilines is 2. The summed E-state index contributed by atoms with van der Waals surface area (Å²) in [7, 11) is 0. The van der Waals surface area contributed by atoms with E-state index >= 15 is 0 Å². The lowest BCUT2D eigenvalue weighted by Crippen LogP contribution is -2.31. The van der Waals surface area contributed by atoms with Crippen molar-refractivity contribution in [3.8, 4) is 0 Å². The number of benzene rings is 2. The molecule has 32 heavy (non-hydrogen) atoms. The second kappa shape index (κ2) is 10.0. The molecule has 10 heteroatoms. The Labute approximate surface area is 183 Å². The van der Waals surface area contributed by atoms with Crippen LogP contribution < -0.4 is 21.5 Å². The zero-order valence-corrected chi connectivity index (χ0v) is 17.2. The minimum absolute atomic E-state index is 0.150. The van der Waals surface area contributed by atoms with E-state index in [2.05, 4.69) is 16.0 Å². The number of hydrogen-bond donors (Lipinski definition) is 3. The molecule has 0 saturated heterocycles. The van der Waals surface area contributed by atoms with Crippen molar-refractivity contribution in [1.82, 2.24) is 9.88 Å². The maximum absolute atomic E-state index is 12.2. The van der Waals surface area contributed by atoms with Crippen LogP contribution in [-0.2, 0) is 17.9 Å². The normalized spacial score (nSPS) is 10.3. The number of urea groups is 1. The largest absolute Gasteiger partial charge is 0.350 e. The van der Waals surface area contributed by atoms with E-state index < -0.39 is 22.4 Å². The molecule has 3 amide bonds. The van der Waals surface area contributed by atoms with E-state index in [9.17, 15) is 24.5 Å².